The summed E-state index contributed by atoms with van der Waals surface area (Å²) < 4.78 is 13.6. The van der Waals surface area contributed by atoms with Crippen molar-refractivity contribution in [2.45, 2.75) is 25.9 Å². The molecule has 196 valence electrons. The van der Waals surface area contributed by atoms with Crippen LogP contribution in [-0.4, -0.2) is 28.9 Å². The Morgan fingerprint density at radius 1 is 0.846 bits per heavy atom. The highest BCUT2D eigenvalue weighted by molar-refractivity contribution is 7.80. The number of aryl methyl sites for hydroxylation is 1. The summed E-state index contributed by atoms with van der Waals surface area (Å²) in [5.41, 5.74) is 6.42. The summed E-state index contributed by atoms with van der Waals surface area (Å²) in [7, 11) is 3.32. The number of nitrogens with one attached hydrogen (secondary N) is 1. The highest BCUT2D eigenvalue weighted by atomic mass is 32.1. The number of rotatable bonds is 6. The summed E-state index contributed by atoms with van der Waals surface area (Å²) in [6.45, 7) is 4.34. The average Bonchev–Trinajstić information content (AvgIpc) is 3.47. The van der Waals surface area contributed by atoms with Gasteiger partial charge in [0, 0.05) is 29.0 Å². The van der Waals surface area contributed by atoms with Gasteiger partial charge in [-0.05, 0) is 73.4 Å². The maximum Gasteiger partial charge on any atom is 0.174 e. The molecule has 2 atom stereocenters. The third-order valence-corrected chi connectivity index (χ3v) is 7.86. The van der Waals surface area contributed by atoms with E-state index in [0.29, 0.717) is 10.9 Å². The van der Waals surface area contributed by atoms with Crippen molar-refractivity contribution in [1.82, 2.24) is 14.9 Å². The van der Waals surface area contributed by atoms with Crippen molar-refractivity contribution in [3.63, 3.8) is 0 Å². The molecule has 0 radical (unpaired) electrons. The number of hydrogen-bond acceptors (Lipinski definition) is 4. The Balaban J connectivity index is 1.56. The first-order chi connectivity index (χ1) is 19.0. The largest absolute Gasteiger partial charge is 0.497 e. The Bertz CT molecular complexity index is 1680. The summed E-state index contributed by atoms with van der Waals surface area (Å²) in [6.07, 6.45) is 1.83. The number of anilines is 1. The van der Waals surface area contributed by atoms with Crippen LogP contribution >= 0.6 is 12.2 Å². The van der Waals surface area contributed by atoms with Crippen LogP contribution in [-0.2, 0) is 0 Å². The summed E-state index contributed by atoms with van der Waals surface area (Å²) >= 11 is 5.98. The van der Waals surface area contributed by atoms with Gasteiger partial charge >= 0.3 is 0 Å². The Morgan fingerprint density at radius 2 is 1.64 bits per heavy atom. The van der Waals surface area contributed by atoms with Gasteiger partial charge in [-0.25, -0.2) is 0 Å². The Kier molecular flexibility index (Phi) is 6.45. The Morgan fingerprint density at radius 3 is 2.41 bits per heavy atom. The van der Waals surface area contributed by atoms with Gasteiger partial charge in [0.1, 0.15) is 11.5 Å². The molecule has 5 aromatic rings. The second-order valence-corrected chi connectivity index (χ2v) is 10.1. The molecular weight excluding hydrogens is 504 g/mol. The van der Waals surface area contributed by atoms with Crippen LogP contribution in [0.5, 0.6) is 11.5 Å². The molecule has 3 heterocycles. The highest BCUT2D eigenvalue weighted by Gasteiger charge is 2.43. The predicted molar refractivity (Wildman–Crippen MR) is 160 cm³/mol. The lowest BCUT2D eigenvalue weighted by molar-refractivity contribution is 0.394. The summed E-state index contributed by atoms with van der Waals surface area (Å²) in [6, 6.07) is 28.7. The fraction of sp³-hybridized carbons (Fsp3) is 0.188. The molecule has 0 bridgehead atoms. The smallest absolute Gasteiger partial charge is 0.174 e. The van der Waals surface area contributed by atoms with E-state index in [2.05, 4.69) is 77.2 Å². The second kappa shape index (κ2) is 10.1. The maximum atomic E-state index is 5.98. The van der Waals surface area contributed by atoms with Crippen molar-refractivity contribution in [2.24, 2.45) is 0 Å². The van der Waals surface area contributed by atoms with Crippen molar-refractivity contribution in [3.05, 3.63) is 114 Å². The summed E-state index contributed by atoms with van der Waals surface area (Å²) in [4.78, 5) is 6.88. The van der Waals surface area contributed by atoms with Gasteiger partial charge < -0.3 is 24.3 Å². The Labute approximate surface area is 233 Å². The molecule has 7 heteroatoms. The standard InChI is InChI=1S/C32H30N4O2S/c1-20-18-25(21(2)35(20)27-14-9-11-22-10-5-6-12-24(22)27)31-30(26-13-7-8-17-33-26)34-32(39)36(31)28-16-15-23(37-3)19-29(28)38-4/h5-19,30-31H,1-4H3,(H,34,39). The lowest BCUT2D eigenvalue weighted by Gasteiger charge is -2.29. The number of pyridine rings is 1. The highest BCUT2D eigenvalue weighted by Crippen LogP contribution is 2.47. The van der Waals surface area contributed by atoms with Crippen LogP contribution in [0.3, 0.4) is 0 Å². The molecule has 3 aromatic carbocycles. The molecule has 1 aliphatic heterocycles. The number of nitrogens with zero attached hydrogens (tertiary/aromatic N) is 3. The van der Waals surface area contributed by atoms with Gasteiger partial charge in [-0.1, -0.05) is 42.5 Å². The zero-order chi connectivity index (χ0) is 27.1. The van der Waals surface area contributed by atoms with Crippen molar-refractivity contribution >= 4 is 33.8 Å². The minimum Gasteiger partial charge on any atom is -0.497 e. The molecule has 1 N–H and O–H groups in total. The van der Waals surface area contributed by atoms with E-state index in [1.54, 1.807) is 14.2 Å². The third-order valence-electron chi connectivity index (χ3n) is 7.54. The van der Waals surface area contributed by atoms with E-state index in [1.807, 2.05) is 42.6 Å². The van der Waals surface area contributed by atoms with E-state index in [9.17, 15) is 0 Å². The van der Waals surface area contributed by atoms with E-state index in [4.69, 9.17) is 26.7 Å². The first-order valence-electron chi connectivity index (χ1n) is 12.9. The minimum absolute atomic E-state index is 0.160. The van der Waals surface area contributed by atoms with E-state index >= 15 is 0 Å². The number of thiocarbonyl (C=S) groups is 1. The number of ether oxygens (including phenoxy) is 2. The fourth-order valence-corrected chi connectivity index (χ4v) is 6.11. The van der Waals surface area contributed by atoms with E-state index in [-0.39, 0.29) is 12.1 Å². The van der Waals surface area contributed by atoms with Crippen LogP contribution in [0.1, 0.15) is 34.7 Å². The molecule has 39 heavy (non-hydrogen) atoms. The molecule has 2 unspecified atom stereocenters. The Hall–Kier alpha value is -4.36. The topological polar surface area (TPSA) is 51.5 Å². The molecular formula is C32H30N4O2S. The SMILES string of the molecule is COc1ccc(N2C(=S)NC(c3ccccn3)C2c2cc(C)n(-c3cccc4ccccc34)c2C)c(OC)c1. The van der Waals surface area contributed by atoms with Crippen molar-refractivity contribution in [3.8, 4) is 17.2 Å². The van der Waals surface area contributed by atoms with Gasteiger partial charge in [0.15, 0.2) is 5.11 Å². The zero-order valence-corrected chi connectivity index (χ0v) is 23.2. The number of aromatic nitrogens is 2. The first-order valence-corrected chi connectivity index (χ1v) is 13.3. The summed E-state index contributed by atoms with van der Waals surface area (Å²) in [5, 5.41) is 6.61. The van der Waals surface area contributed by atoms with Crippen LogP contribution in [0.2, 0.25) is 0 Å². The number of benzene rings is 3. The lowest BCUT2D eigenvalue weighted by atomic mass is 9.96. The monoisotopic (exact) mass is 534 g/mol. The van der Waals surface area contributed by atoms with Gasteiger partial charge in [0.25, 0.3) is 0 Å². The van der Waals surface area contributed by atoms with Gasteiger partial charge in [-0.15, -0.1) is 0 Å². The predicted octanol–water partition coefficient (Wildman–Crippen LogP) is 6.84. The normalized spacial score (nSPS) is 16.9. The van der Waals surface area contributed by atoms with Gasteiger partial charge in [-0.2, -0.15) is 0 Å². The molecule has 1 fully saturated rings. The molecule has 1 saturated heterocycles. The molecule has 0 amide bonds. The van der Waals surface area contributed by atoms with E-state index < -0.39 is 0 Å². The number of fused-ring (bicyclic) bond motifs is 1. The fourth-order valence-electron chi connectivity index (χ4n) is 5.78. The molecule has 1 aliphatic rings. The minimum atomic E-state index is -0.162. The maximum absolute atomic E-state index is 5.98. The molecule has 0 aliphatic carbocycles. The summed E-state index contributed by atoms with van der Waals surface area (Å²) in [5.74, 6) is 1.41. The van der Waals surface area contributed by atoms with Crippen LogP contribution in [0, 0.1) is 13.8 Å². The van der Waals surface area contributed by atoms with E-state index in [0.717, 1.165) is 34.2 Å². The van der Waals surface area contributed by atoms with Gasteiger partial charge in [0.2, 0.25) is 0 Å². The van der Waals surface area contributed by atoms with Crippen LogP contribution in [0.4, 0.5) is 5.69 Å². The van der Waals surface area contributed by atoms with Crippen LogP contribution in [0.25, 0.3) is 16.5 Å². The molecule has 2 aromatic heterocycles. The van der Waals surface area contributed by atoms with Crippen LogP contribution < -0.4 is 19.7 Å². The molecule has 6 rings (SSSR count). The van der Waals surface area contributed by atoms with Gasteiger partial charge in [0.05, 0.1) is 43.4 Å². The average molecular weight is 535 g/mol. The molecule has 0 spiro atoms. The molecule has 0 saturated carbocycles. The van der Waals surface area contributed by atoms with Crippen molar-refractivity contribution in [1.29, 1.82) is 0 Å². The second-order valence-electron chi connectivity index (χ2n) is 9.69. The first kappa shape index (κ1) is 24.9. The number of methoxy groups -OCH3 is 2. The number of hydrogen-bond donors (Lipinski definition) is 1. The zero-order valence-electron chi connectivity index (χ0n) is 22.4. The molecule has 6 nitrogen and oxygen atoms in total. The van der Waals surface area contributed by atoms with Crippen molar-refractivity contribution in [2.75, 3.05) is 19.1 Å². The van der Waals surface area contributed by atoms with Gasteiger partial charge in [-0.3, -0.25) is 4.98 Å². The quantitative estimate of drug-likeness (QED) is 0.241. The van der Waals surface area contributed by atoms with E-state index in [1.165, 1.54) is 16.3 Å². The lowest BCUT2D eigenvalue weighted by Crippen LogP contribution is -2.30. The van der Waals surface area contributed by atoms with Crippen LogP contribution in [0.15, 0.2) is 91.1 Å². The van der Waals surface area contributed by atoms with Crippen molar-refractivity contribution < 1.29 is 9.47 Å². The third kappa shape index (κ3) is 4.19.